The van der Waals surface area contributed by atoms with Gasteiger partial charge in [-0.2, -0.15) is 44.3 Å². The van der Waals surface area contributed by atoms with Crippen LogP contribution in [-0.4, -0.2) is 40.4 Å². The first-order chi connectivity index (χ1) is 20.1. The minimum Gasteiger partial charge on any atom is -0.376 e. The molecule has 1 N–H and O–H groups in total. The Kier molecular flexibility index (Phi) is 9.59. The summed E-state index contributed by atoms with van der Waals surface area (Å²) in [6, 6.07) is 4.26. The number of halogens is 9. The number of aryl methyl sites for hydroxylation is 1. The van der Waals surface area contributed by atoms with Crippen LogP contribution in [0, 0.1) is 5.92 Å². The molecule has 1 atom stereocenters. The lowest BCUT2D eigenvalue weighted by atomic mass is 9.85. The van der Waals surface area contributed by atoms with Crippen molar-refractivity contribution in [2.24, 2.45) is 5.92 Å². The van der Waals surface area contributed by atoms with Gasteiger partial charge in [0.25, 0.3) is 5.95 Å². The number of benzene rings is 2. The molecule has 0 bridgehead atoms. The average Bonchev–Trinajstić information content (AvgIpc) is 3.42. The van der Waals surface area contributed by atoms with E-state index in [1.165, 1.54) is 18.1 Å². The molecule has 43 heavy (non-hydrogen) atoms. The molecule has 7 nitrogen and oxygen atoms in total. The molecule has 1 aliphatic rings. The number of hydrogen-bond donors (Lipinski definition) is 1. The Labute approximate surface area is 241 Å². The number of aromatic nitrogens is 4. The van der Waals surface area contributed by atoms with Crippen molar-refractivity contribution in [1.29, 1.82) is 0 Å². The Bertz CT molecular complexity index is 1350. The monoisotopic (exact) mass is 624 g/mol. The fraction of sp³-hybridized carbons (Fsp3) is 0.519. The predicted octanol–water partition coefficient (Wildman–Crippen LogP) is 6.64. The lowest BCUT2D eigenvalue weighted by Crippen LogP contribution is -2.32. The lowest BCUT2D eigenvalue weighted by Gasteiger charge is -2.32. The summed E-state index contributed by atoms with van der Waals surface area (Å²) in [6.07, 6.45) is -14.1. The van der Waals surface area contributed by atoms with Crippen molar-refractivity contribution in [3.8, 4) is 0 Å². The second-order valence-electron chi connectivity index (χ2n) is 10.2. The van der Waals surface area contributed by atoms with Crippen LogP contribution in [0.3, 0.4) is 0 Å². The van der Waals surface area contributed by atoms with Crippen molar-refractivity contribution in [3.05, 3.63) is 69.8 Å². The van der Waals surface area contributed by atoms with Crippen molar-refractivity contribution in [1.82, 2.24) is 25.5 Å². The highest BCUT2D eigenvalue weighted by Crippen LogP contribution is 2.39. The topological polar surface area (TPSA) is 68.1 Å². The van der Waals surface area contributed by atoms with Crippen LogP contribution in [0.15, 0.2) is 36.4 Å². The Morgan fingerprint density at radius 3 is 2.00 bits per heavy atom. The molecule has 1 unspecified atom stereocenters. The van der Waals surface area contributed by atoms with Gasteiger partial charge in [0.15, 0.2) is 0 Å². The molecule has 236 valence electrons. The summed E-state index contributed by atoms with van der Waals surface area (Å²) in [4.78, 5) is 2.33. The fourth-order valence-electron chi connectivity index (χ4n) is 5.15. The van der Waals surface area contributed by atoms with Crippen LogP contribution < -0.4 is 10.2 Å². The van der Waals surface area contributed by atoms with Crippen molar-refractivity contribution in [2.75, 3.05) is 25.1 Å². The molecule has 0 saturated carbocycles. The third-order valence-corrected chi connectivity index (χ3v) is 7.23. The third kappa shape index (κ3) is 7.96. The summed E-state index contributed by atoms with van der Waals surface area (Å²) in [6.45, 7) is 2.27. The third-order valence-electron chi connectivity index (χ3n) is 7.23. The normalized spacial score (nSPS) is 16.0. The molecular weight excluding hydrogens is 595 g/mol. The summed E-state index contributed by atoms with van der Waals surface area (Å²) >= 11 is 0. The van der Waals surface area contributed by atoms with Crippen LogP contribution in [0.5, 0.6) is 0 Å². The summed E-state index contributed by atoms with van der Waals surface area (Å²) < 4.78 is 129. The number of nitrogens with zero attached hydrogens (tertiary/aromatic N) is 5. The standard InChI is InChI=1S/C27H29F9N6O/c1-3-42-39-24(38-40-42)41(14-16-10-20(26(31,32)33)13-21(11-16)27(34,35)36)15-18-12-19(25(28,29)30)4-5-22(18)23(43-2)17-6-8-37-9-7-17/h4-5,10-13,17,23,37H,3,6-9,14-15H2,1-2H3. The molecule has 3 aromatic rings. The van der Waals surface area contributed by atoms with Crippen molar-refractivity contribution in [3.63, 3.8) is 0 Å². The molecule has 1 aromatic heterocycles. The number of piperidine rings is 1. The van der Waals surface area contributed by atoms with E-state index < -0.39 is 60.0 Å². The zero-order valence-corrected chi connectivity index (χ0v) is 23.1. The molecule has 0 aliphatic carbocycles. The van der Waals surface area contributed by atoms with Gasteiger partial charge in [-0.15, -0.1) is 5.10 Å². The molecule has 16 heteroatoms. The highest BCUT2D eigenvalue weighted by molar-refractivity contribution is 5.42. The van der Waals surface area contributed by atoms with Gasteiger partial charge in [-0.1, -0.05) is 11.2 Å². The first kappa shape index (κ1) is 32.5. The van der Waals surface area contributed by atoms with Gasteiger partial charge < -0.3 is 15.0 Å². The smallest absolute Gasteiger partial charge is 0.376 e. The first-order valence-corrected chi connectivity index (χ1v) is 13.3. The van der Waals surface area contributed by atoms with Gasteiger partial charge in [0.05, 0.1) is 29.3 Å². The Hall–Kier alpha value is -3.40. The van der Waals surface area contributed by atoms with Gasteiger partial charge in [0.2, 0.25) is 0 Å². The van der Waals surface area contributed by atoms with E-state index in [4.69, 9.17) is 4.74 Å². The number of ether oxygens (including phenoxy) is 1. The maximum Gasteiger partial charge on any atom is 0.416 e. The minimum atomic E-state index is -5.08. The van der Waals surface area contributed by atoms with Crippen LogP contribution >= 0.6 is 0 Å². The molecular formula is C27H29F9N6O. The maximum absolute atomic E-state index is 13.8. The van der Waals surface area contributed by atoms with E-state index in [9.17, 15) is 39.5 Å². The maximum atomic E-state index is 13.8. The second-order valence-corrected chi connectivity index (χ2v) is 10.2. The van der Waals surface area contributed by atoms with Gasteiger partial charge in [-0.3, -0.25) is 0 Å². The number of hydrogen-bond acceptors (Lipinski definition) is 6. The number of methoxy groups -OCH3 is 1. The quantitative estimate of drug-likeness (QED) is 0.269. The van der Waals surface area contributed by atoms with Crippen LogP contribution in [0.25, 0.3) is 0 Å². The van der Waals surface area contributed by atoms with Crippen LogP contribution in [-0.2, 0) is 42.9 Å². The van der Waals surface area contributed by atoms with Crippen LogP contribution in [0.4, 0.5) is 45.5 Å². The summed E-state index contributed by atoms with van der Waals surface area (Å²) in [7, 11) is 1.43. The van der Waals surface area contributed by atoms with E-state index in [0.717, 1.165) is 16.9 Å². The SMILES string of the molecule is CCn1nnc(N(Cc2cc(C(F)(F)F)cc(C(F)(F)F)c2)Cc2cc(C(F)(F)F)ccc2C(OC)C2CCNCC2)n1. The number of nitrogens with one attached hydrogen (secondary N) is 1. The molecule has 0 amide bonds. The summed E-state index contributed by atoms with van der Waals surface area (Å²) in [5.74, 6) is -0.237. The Balaban J connectivity index is 1.82. The molecule has 2 aromatic carbocycles. The minimum absolute atomic E-state index is 0.00652. The van der Waals surface area contributed by atoms with E-state index in [0.29, 0.717) is 43.6 Å². The average molecular weight is 625 g/mol. The highest BCUT2D eigenvalue weighted by Gasteiger charge is 2.38. The molecule has 0 spiro atoms. The zero-order chi connectivity index (χ0) is 31.6. The van der Waals surface area contributed by atoms with E-state index in [-0.39, 0.29) is 30.0 Å². The molecule has 0 radical (unpaired) electrons. The fourth-order valence-corrected chi connectivity index (χ4v) is 5.15. The Morgan fingerprint density at radius 2 is 1.49 bits per heavy atom. The number of anilines is 1. The van der Waals surface area contributed by atoms with E-state index in [2.05, 4.69) is 20.7 Å². The molecule has 4 rings (SSSR count). The van der Waals surface area contributed by atoms with Gasteiger partial charge in [-0.05, 0) is 91.0 Å². The summed E-state index contributed by atoms with van der Waals surface area (Å²) in [5, 5.41) is 15.0. The summed E-state index contributed by atoms with van der Waals surface area (Å²) in [5.41, 5.74) is -3.90. The number of rotatable bonds is 9. The van der Waals surface area contributed by atoms with Gasteiger partial charge in [-0.25, -0.2) is 0 Å². The van der Waals surface area contributed by atoms with Crippen LogP contribution in [0.1, 0.15) is 59.3 Å². The molecule has 1 aliphatic heterocycles. The first-order valence-electron chi connectivity index (χ1n) is 13.3. The molecule has 1 fully saturated rings. The number of alkyl halides is 9. The van der Waals surface area contributed by atoms with Crippen LogP contribution in [0.2, 0.25) is 0 Å². The van der Waals surface area contributed by atoms with E-state index in [1.54, 1.807) is 6.92 Å². The second kappa shape index (κ2) is 12.7. The molecule has 2 heterocycles. The van der Waals surface area contributed by atoms with Crippen molar-refractivity contribution >= 4 is 5.95 Å². The zero-order valence-electron chi connectivity index (χ0n) is 23.1. The lowest BCUT2D eigenvalue weighted by molar-refractivity contribution is -0.143. The van der Waals surface area contributed by atoms with Crippen molar-refractivity contribution < 1.29 is 44.3 Å². The molecule has 1 saturated heterocycles. The van der Waals surface area contributed by atoms with Gasteiger partial charge in [0.1, 0.15) is 0 Å². The highest BCUT2D eigenvalue weighted by atomic mass is 19.4. The number of tetrazole rings is 1. The van der Waals surface area contributed by atoms with Gasteiger partial charge in [0, 0.05) is 20.2 Å². The largest absolute Gasteiger partial charge is 0.416 e. The predicted molar refractivity (Wildman–Crippen MR) is 137 cm³/mol. The van der Waals surface area contributed by atoms with E-state index >= 15 is 0 Å². The van der Waals surface area contributed by atoms with Crippen molar-refractivity contribution in [2.45, 2.75) is 64.0 Å². The van der Waals surface area contributed by atoms with E-state index in [1.807, 2.05) is 0 Å². The van der Waals surface area contributed by atoms with Gasteiger partial charge >= 0.3 is 18.5 Å². The Morgan fingerprint density at radius 1 is 0.884 bits per heavy atom.